The Balaban J connectivity index is 1.55. The molecule has 1 amide bonds. The van der Waals surface area contributed by atoms with E-state index in [0.717, 1.165) is 28.9 Å². The van der Waals surface area contributed by atoms with Crippen LogP contribution in [-0.2, 0) is 14.8 Å². The highest BCUT2D eigenvalue weighted by Crippen LogP contribution is 2.35. The molecule has 3 aromatic carbocycles. The van der Waals surface area contributed by atoms with Gasteiger partial charge in [-0.3, -0.25) is 9.10 Å². The summed E-state index contributed by atoms with van der Waals surface area (Å²) in [5.41, 5.74) is 2.33. The Kier molecular flexibility index (Phi) is 9.01. The Labute approximate surface area is 231 Å². The zero-order chi connectivity index (χ0) is 28.0. The standard InChI is InChI=1S/C30H37N3O5S/c1-22-16-18-32(19-17-22)25-12-10-24(11-13-25)23(2)31-30(34)21-33(39(35,36)27-8-6-5-7-9-27)28-20-26(37-3)14-15-29(28)38-4/h5-15,20,22-23H,16-19,21H2,1-4H3,(H,31,34). The molecule has 1 N–H and O–H groups in total. The molecule has 1 unspecified atom stereocenters. The average Bonchev–Trinajstić information content (AvgIpc) is 2.96. The maximum Gasteiger partial charge on any atom is 0.264 e. The van der Waals surface area contributed by atoms with E-state index in [9.17, 15) is 13.2 Å². The summed E-state index contributed by atoms with van der Waals surface area (Å²) in [6.07, 6.45) is 2.38. The third-order valence-corrected chi connectivity index (χ3v) is 8.97. The summed E-state index contributed by atoms with van der Waals surface area (Å²) in [4.78, 5) is 15.7. The molecule has 1 heterocycles. The van der Waals surface area contributed by atoms with Crippen molar-refractivity contribution in [1.82, 2.24) is 5.32 Å². The topological polar surface area (TPSA) is 88.2 Å². The fraction of sp³-hybridized carbons (Fsp3) is 0.367. The molecule has 1 aliphatic heterocycles. The van der Waals surface area contributed by atoms with Crippen molar-refractivity contribution in [2.24, 2.45) is 5.92 Å². The molecule has 1 aliphatic rings. The fourth-order valence-electron chi connectivity index (χ4n) is 4.75. The molecular formula is C30H37N3O5S. The second-order valence-electron chi connectivity index (χ2n) is 9.91. The largest absolute Gasteiger partial charge is 0.497 e. The number of rotatable bonds is 10. The van der Waals surface area contributed by atoms with E-state index in [-0.39, 0.29) is 16.6 Å². The van der Waals surface area contributed by atoms with Crippen LogP contribution in [0.2, 0.25) is 0 Å². The SMILES string of the molecule is COc1ccc(OC)c(N(CC(=O)NC(C)c2ccc(N3CCC(C)CC3)cc2)S(=O)(=O)c2ccccc2)c1. The maximum absolute atomic E-state index is 13.7. The predicted octanol–water partition coefficient (Wildman–Crippen LogP) is 5.01. The number of nitrogens with one attached hydrogen (secondary N) is 1. The van der Waals surface area contributed by atoms with E-state index in [0.29, 0.717) is 11.5 Å². The van der Waals surface area contributed by atoms with E-state index in [1.165, 1.54) is 44.9 Å². The second kappa shape index (κ2) is 12.4. The Hall–Kier alpha value is -3.72. The van der Waals surface area contributed by atoms with Gasteiger partial charge in [0, 0.05) is 24.8 Å². The van der Waals surface area contributed by atoms with E-state index < -0.39 is 22.5 Å². The lowest BCUT2D eigenvalue weighted by Crippen LogP contribution is -2.41. The van der Waals surface area contributed by atoms with Crippen LogP contribution in [0.15, 0.2) is 77.7 Å². The maximum atomic E-state index is 13.7. The lowest BCUT2D eigenvalue weighted by molar-refractivity contribution is -0.120. The number of ether oxygens (including phenoxy) is 2. The number of anilines is 2. The summed E-state index contributed by atoms with van der Waals surface area (Å²) in [6, 6.07) is 20.7. The highest BCUT2D eigenvalue weighted by molar-refractivity contribution is 7.92. The van der Waals surface area contributed by atoms with Crippen molar-refractivity contribution < 1.29 is 22.7 Å². The Morgan fingerprint density at radius 3 is 2.28 bits per heavy atom. The first-order chi connectivity index (χ1) is 18.7. The lowest BCUT2D eigenvalue weighted by Gasteiger charge is -2.32. The van der Waals surface area contributed by atoms with Crippen molar-refractivity contribution in [3.63, 3.8) is 0 Å². The van der Waals surface area contributed by atoms with Crippen molar-refractivity contribution in [2.45, 2.75) is 37.6 Å². The van der Waals surface area contributed by atoms with Crippen LogP contribution in [-0.4, -0.2) is 48.2 Å². The number of sulfonamides is 1. The summed E-state index contributed by atoms with van der Waals surface area (Å²) in [6.45, 7) is 5.84. The Morgan fingerprint density at radius 2 is 1.67 bits per heavy atom. The Bertz CT molecular complexity index is 1360. The molecule has 3 aromatic rings. The number of nitrogens with zero attached hydrogens (tertiary/aromatic N) is 2. The molecule has 208 valence electrons. The van der Waals surface area contributed by atoms with Gasteiger partial charge in [-0.2, -0.15) is 0 Å². The van der Waals surface area contributed by atoms with Crippen LogP contribution in [0.1, 0.15) is 38.3 Å². The van der Waals surface area contributed by atoms with Crippen LogP contribution in [0.4, 0.5) is 11.4 Å². The molecule has 0 aliphatic carbocycles. The van der Waals surface area contributed by atoms with Gasteiger partial charge in [-0.05, 0) is 67.6 Å². The third kappa shape index (κ3) is 6.65. The van der Waals surface area contributed by atoms with Gasteiger partial charge in [0.15, 0.2) is 0 Å². The molecule has 4 rings (SSSR count). The van der Waals surface area contributed by atoms with Gasteiger partial charge in [-0.1, -0.05) is 37.3 Å². The van der Waals surface area contributed by atoms with Crippen LogP contribution in [0.5, 0.6) is 11.5 Å². The normalized spacial score (nSPS) is 14.9. The van der Waals surface area contributed by atoms with Crippen LogP contribution in [0.25, 0.3) is 0 Å². The molecule has 0 bridgehead atoms. The first-order valence-electron chi connectivity index (χ1n) is 13.2. The number of carbonyl (C=O) groups excluding carboxylic acids is 1. The average molecular weight is 552 g/mol. The van der Waals surface area contributed by atoms with Crippen molar-refractivity contribution in [1.29, 1.82) is 0 Å². The van der Waals surface area contributed by atoms with Gasteiger partial charge in [-0.25, -0.2) is 8.42 Å². The fourth-order valence-corrected chi connectivity index (χ4v) is 6.20. The molecule has 8 nitrogen and oxygen atoms in total. The highest BCUT2D eigenvalue weighted by atomic mass is 32.2. The first-order valence-corrected chi connectivity index (χ1v) is 14.6. The van der Waals surface area contributed by atoms with Crippen molar-refractivity contribution in [3.05, 3.63) is 78.4 Å². The van der Waals surface area contributed by atoms with Crippen molar-refractivity contribution >= 4 is 27.3 Å². The van der Waals surface area contributed by atoms with Gasteiger partial charge in [0.2, 0.25) is 5.91 Å². The van der Waals surface area contributed by atoms with Gasteiger partial charge < -0.3 is 19.7 Å². The number of methoxy groups -OCH3 is 2. The van der Waals surface area contributed by atoms with Crippen molar-refractivity contribution in [2.75, 3.05) is 43.1 Å². The number of amides is 1. The smallest absolute Gasteiger partial charge is 0.264 e. The minimum absolute atomic E-state index is 0.0680. The van der Waals surface area contributed by atoms with E-state index in [1.807, 2.05) is 19.1 Å². The van der Waals surface area contributed by atoms with Gasteiger partial charge in [0.25, 0.3) is 10.0 Å². The zero-order valence-corrected chi connectivity index (χ0v) is 23.8. The number of carbonyl (C=O) groups is 1. The van der Waals surface area contributed by atoms with E-state index in [2.05, 4.69) is 29.3 Å². The van der Waals surface area contributed by atoms with Crippen molar-refractivity contribution in [3.8, 4) is 11.5 Å². The van der Waals surface area contributed by atoms with Gasteiger partial charge in [0.1, 0.15) is 18.0 Å². The van der Waals surface area contributed by atoms with E-state index in [1.54, 1.807) is 36.4 Å². The summed E-state index contributed by atoms with van der Waals surface area (Å²) in [5, 5.41) is 2.96. The second-order valence-corrected chi connectivity index (χ2v) is 11.8. The van der Waals surface area contributed by atoms with E-state index >= 15 is 0 Å². The minimum atomic E-state index is -4.10. The monoisotopic (exact) mass is 551 g/mol. The molecule has 9 heteroatoms. The molecule has 0 spiro atoms. The van der Waals surface area contributed by atoms with E-state index in [4.69, 9.17) is 9.47 Å². The number of benzene rings is 3. The molecule has 1 saturated heterocycles. The summed E-state index contributed by atoms with van der Waals surface area (Å²) in [5.74, 6) is 1.06. The predicted molar refractivity (Wildman–Crippen MR) is 154 cm³/mol. The zero-order valence-electron chi connectivity index (χ0n) is 23.0. The van der Waals surface area contributed by atoms with Gasteiger partial charge in [-0.15, -0.1) is 0 Å². The number of hydrogen-bond donors (Lipinski definition) is 1. The van der Waals surface area contributed by atoms with Crippen LogP contribution in [0.3, 0.4) is 0 Å². The number of hydrogen-bond acceptors (Lipinski definition) is 6. The molecular weight excluding hydrogens is 514 g/mol. The van der Waals surface area contributed by atoms with Gasteiger partial charge >= 0.3 is 0 Å². The summed E-state index contributed by atoms with van der Waals surface area (Å²) in [7, 11) is -1.15. The number of piperidine rings is 1. The lowest BCUT2D eigenvalue weighted by atomic mass is 9.98. The highest BCUT2D eigenvalue weighted by Gasteiger charge is 2.30. The summed E-state index contributed by atoms with van der Waals surface area (Å²) < 4.78 is 39.3. The molecule has 0 saturated carbocycles. The van der Waals surface area contributed by atoms with Gasteiger partial charge in [0.05, 0.1) is 30.8 Å². The molecule has 0 radical (unpaired) electrons. The van der Waals surface area contributed by atoms with Crippen LogP contribution >= 0.6 is 0 Å². The first kappa shape index (κ1) is 28.3. The summed E-state index contributed by atoms with van der Waals surface area (Å²) >= 11 is 0. The molecule has 1 atom stereocenters. The molecule has 0 aromatic heterocycles. The quantitative estimate of drug-likeness (QED) is 0.381. The third-order valence-electron chi connectivity index (χ3n) is 7.19. The van der Waals surface area contributed by atoms with Crippen LogP contribution in [0, 0.1) is 5.92 Å². The molecule has 39 heavy (non-hydrogen) atoms. The molecule has 1 fully saturated rings. The Morgan fingerprint density at radius 1 is 1.00 bits per heavy atom. The minimum Gasteiger partial charge on any atom is -0.497 e. The van der Waals surface area contributed by atoms with Crippen LogP contribution < -0.4 is 24.0 Å².